The topological polar surface area (TPSA) is 55.1 Å². The van der Waals surface area contributed by atoms with E-state index in [4.69, 9.17) is 5.73 Å². The number of benzene rings is 1. The molecular formula is C14H17F3N2O. The van der Waals surface area contributed by atoms with Crippen LogP contribution < -0.4 is 11.1 Å². The number of carbonyl (C=O) groups is 1. The second-order valence-corrected chi connectivity index (χ2v) is 5.40. The van der Waals surface area contributed by atoms with Crippen LogP contribution in [0, 0.1) is 0 Å². The predicted octanol–water partition coefficient (Wildman–Crippen LogP) is 2.76. The third-order valence-corrected chi connectivity index (χ3v) is 3.56. The van der Waals surface area contributed by atoms with Crippen molar-refractivity contribution in [2.24, 2.45) is 0 Å². The van der Waals surface area contributed by atoms with Crippen LogP contribution in [-0.4, -0.2) is 18.1 Å². The first kappa shape index (κ1) is 14.7. The molecule has 0 aliphatic heterocycles. The summed E-state index contributed by atoms with van der Waals surface area (Å²) in [6.45, 7) is 1.37. The maximum atomic E-state index is 12.3. The Morgan fingerprint density at radius 1 is 1.35 bits per heavy atom. The van der Waals surface area contributed by atoms with Gasteiger partial charge >= 0.3 is 6.18 Å². The number of nitrogen functional groups attached to an aromatic ring is 1. The van der Waals surface area contributed by atoms with Crippen LogP contribution in [0.2, 0.25) is 0 Å². The fourth-order valence-electron chi connectivity index (χ4n) is 2.33. The van der Waals surface area contributed by atoms with Crippen molar-refractivity contribution in [2.45, 2.75) is 43.8 Å². The van der Waals surface area contributed by atoms with Gasteiger partial charge in [-0.2, -0.15) is 13.2 Å². The lowest BCUT2D eigenvalue weighted by Gasteiger charge is -2.21. The molecule has 1 amide bonds. The normalized spacial score (nSPS) is 18.4. The third kappa shape index (κ3) is 3.23. The Bertz CT molecular complexity index is 492. The van der Waals surface area contributed by atoms with Crippen LogP contribution >= 0.6 is 0 Å². The third-order valence-electron chi connectivity index (χ3n) is 3.56. The molecule has 0 bridgehead atoms. The van der Waals surface area contributed by atoms with Crippen LogP contribution in [0.5, 0.6) is 0 Å². The molecule has 1 aliphatic carbocycles. The summed E-state index contributed by atoms with van der Waals surface area (Å²) in [5, 5.41) is 2.46. The highest BCUT2D eigenvalue weighted by Gasteiger charge is 2.51. The van der Waals surface area contributed by atoms with E-state index in [2.05, 4.69) is 5.32 Å². The minimum atomic E-state index is -4.27. The summed E-state index contributed by atoms with van der Waals surface area (Å²) in [4.78, 5) is 12.2. The van der Waals surface area contributed by atoms with Crippen LogP contribution in [0.3, 0.4) is 0 Å². The van der Waals surface area contributed by atoms with Gasteiger partial charge in [0.15, 0.2) is 0 Å². The molecule has 6 heteroatoms. The zero-order chi connectivity index (χ0) is 15.0. The van der Waals surface area contributed by atoms with Gasteiger partial charge in [0.05, 0.1) is 11.8 Å². The Morgan fingerprint density at radius 2 is 1.90 bits per heavy atom. The van der Waals surface area contributed by atoms with Crippen molar-refractivity contribution in [2.75, 3.05) is 5.73 Å². The highest BCUT2D eigenvalue weighted by atomic mass is 19.4. The van der Waals surface area contributed by atoms with Crippen molar-refractivity contribution in [3.05, 3.63) is 29.8 Å². The van der Waals surface area contributed by atoms with Gasteiger partial charge in [-0.3, -0.25) is 4.79 Å². The Labute approximate surface area is 115 Å². The summed E-state index contributed by atoms with van der Waals surface area (Å²) in [6, 6.07) is 5.99. The van der Waals surface area contributed by atoms with Gasteiger partial charge in [0.1, 0.15) is 0 Å². The molecule has 1 unspecified atom stereocenters. The SMILES string of the molecule is CC(CC(F)(F)F)NC(=O)C1(c2ccc(N)cc2)CC1. The molecule has 1 fully saturated rings. The molecule has 0 radical (unpaired) electrons. The number of alkyl halides is 3. The molecule has 1 aliphatic rings. The lowest BCUT2D eigenvalue weighted by Crippen LogP contribution is -2.42. The standard InChI is InChI=1S/C14H17F3N2O/c1-9(8-14(15,16)17)19-12(20)13(6-7-13)10-2-4-11(18)5-3-10/h2-5,9H,6-8,18H2,1H3,(H,19,20). The second-order valence-electron chi connectivity index (χ2n) is 5.40. The molecule has 0 heterocycles. The lowest BCUT2D eigenvalue weighted by molar-refractivity contribution is -0.141. The molecule has 1 aromatic carbocycles. The van der Waals surface area contributed by atoms with Crippen LogP contribution in [0.25, 0.3) is 0 Å². The van der Waals surface area contributed by atoms with Crippen molar-refractivity contribution < 1.29 is 18.0 Å². The maximum Gasteiger partial charge on any atom is 0.391 e. The van der Waals surface area contributed by atoms with Crippen LogP contribution in [0.4, 0.5) is 18.9 Å². The molecule has 20 heavy (non-hydrogen) atoms. The number of amides is 1. The molecule has 3 nitrogen and oxygen atoms in total. The van der Waals surface area contributed by atoms with Gasteiger partial charge in [-0.05, 0) is 37.5 Å². The number of hydrogen-bond donors (Lipinski definition) is 2. The van der Waals surface area contributed by atoms with Gasteiger partial charge in [-0.15, -0.1) is 0 Å². The Morgan fingerprint density at radius 3 is 2.35 bits per heavy atom. The summed E-state index contributed by atoms with van der Waals surface area (Å²) in [5.41, 5.74) is 6.32. The average Bonchev–Trinajstić information content (AvgIpc) is 3.08. The Balaban J connectivity index is 2.03. The molecule has 1 aromatic rings. The molecular weight excluding hydrogens is 269 g/mol. The molecule has 110 valence electrons. The van der Waals surface area contributed by atoms with E-state index in [1.165, 1.54) is 6.92 Å². The van der Waals surface area contributed by atoms with Crippen molar-refractivity contribution in [3.63, 3.8) is 0 Å². The average molecular weight is 286 g/mol. The quantitative estimate of drug-likeness (QED) is 0.836. The molecule has 1 saturated carbocycles. The first-order valence-electron chi connectivity index (χ1n) is 6.47. The second kappa shape index (κ2) is 5.00. The number of anilines is 1. The van der Waals surface area contributed by atoms with E-state index in [-0.39, 0.29) is 5.91 Å². The highest BCUT2D eigenvalue weighted by molar-refractivity contribution is 5.91. The van der Waals surface area contributed by atoms with E-state index in [1.807, 2.05) is 0 Å². The number of nitrogens with two attached hydrogens (primary N) is 1. The van der Waals surface area contributed by atoms with Gasteiger partial charge in [-0.25, -0.2) is 0 Å². The summed E-state index contributed by atoms with van der Waals surface area (Å²) in [5.74, 6) is -0.334. The zero-order valence-corrected chi connectivity index (χ0v) is 11.1. The van der Waals surface area contributed by atoms with E-state index >= 15 is 0 Å². The maximum absolute atomic E-state index is 12.3. The van der Waals surface area contributed by atoms with Crippen molar-refractivity contribution in [3.8, 4) is 0 Å². The fraction of sp³-hybridized carbons (Fsp3) is 0.500. The number of rotatable bonds is 4. The van der Waals surface area contributed by atoms with Crippen molar-refractivity contribution in [1.82, 2.24) is 5.32 Å². The Kier molecular flexibility index (Phi) is 3.67. The van der Waals surface area contributed by atoms with Crippen LogP contribution in [0.15, 0.2) is 24.3 Å². The number of hydrogen-bond acceptors (Lipinski definition) is 2. The molecule has 1 atom stereocenters. The van der Waals surface area contributed by atoms with Gasteiger partial charge < -0.3 is 11.1 Å². The zero-order valence-electron chi connectivity index (χ0n) is 11.1. The summed E-state index contributed by atoms with van der Waals surface area (Å²) >= 11 is 0. The summed E-state index contributed by atoms with van der Waals surface area (Å²) in [6.07, 6.45) is -3.98. The minimum absolute atomic E-state index is 0.334. The van der Waals surface area contributed by atoms with Gasteiger partial charge in [0.2, 0.25) is 5.91 Å². The lowest BCUT2D eigenvalue weighted by atomic mass is 9.94. The summed E-state index contributed by atoms with van der Waals surface area (Å²) in [7, 11) is 0. The Hall–Kier alpha value is -1.72. The fourth-order valence-corrected chi connectivity index (χ4v) is 2.33. The first-order chi connectivity index (χ1) is 9.23. The van der Waals surface area contributed by atoms with E-state index in [0.717, 1.165) is 5.56 Å². The van der Waals surface area contributed by atoms with Crippen LogP contribution in [-0.2, 0) is 10.2 Å². The number of halogens is 3. The molecule has 2 rings (SSSR count). The van der Waals surface area contributed by atoms with E-state index in [0.29, 0.717) is 18.5 Å². The minimum Gasteiger partial charge on any atom is -0.399 e. The number of nitrogens with one attached hydrogen (secondary N) is 1. The molecule has 0 saturated heterocycles. The van der Waals surface area contributed by atoms with E-state index in [9.17, 15) is 18.0 Å². The van der Waals surface area contributed by atoms with E-state index < -0.39 is 24.1 Å². The number of carbonyl (C=O) groups excluding carboxylic acids is 1. The highest BCUT2D eigenvalue weighted by Crippen LogP contribution is 2.48. The van der Waals surface area contributed by atoms with Crippen molar-refractivity contribution in [1.29, 1.82) is 0 Å². The smallest absolute Gasteiger partial charge is 0.391 e. The largest absolute Gasteiger partial charge is 0.399 e. The van der Waals surface area contributed by atoms with E-state index in [1.54, 1.807) is 24.3 Å². The first-order valence-corrected chi connectivity index (χ1v) is 6.47. The van der Waals surface area contributed by atoms with Gasteiger partial charge in [0, 0.05) is 11.7 Å². The monoisotopic (exact) mass is 286 g/mol. The van der Waals surface area contributed by atoms with Gasteiger partial charge in [0.25, 0.3) is 0 Å². The van der Waals surface area contributed by atoms with Gasteiger partial charge in [-0.1, -0.05) is 12.1 Å². The molecule has 3 N–H and O–H groups in total. The summed E-state index contributed by atoms with van der Waals surface area (Å²) < 4.78 is 36.8. The molecule has 0 aromatic heterocycles. The van der Waals surface area contributed by atoms with Crippen molar-refractivity contribution >= 4 is 11.6 Å². The molecule has 0 spiro atoms. The predicted molar refractivity (Wildman–Crippen MR) is 70.0 cm³/mol. The van der Waals surface area contributed by atoms with Crippen LogP contribution in [0.1, 0.15) is 31.7 Å².